The summed E-state index contributed by atoms with van der Waals surface area (Å²) in [6.45, 7) is 3.37. The molecule has 1 saturated heterocycles. The molecule has 0 aromatic heterocycles. The molecule has 2 heterocycles. The van der Waals surface area contributed by atoms with E-state index in [1.807, 2.05) is 42.2 Å². The lowest BCUT2D eigenvalue weighted by Crippen LogP contribution is -2.46. The van der Waals surface area contributed by atoms with E-state index >= 15 is 0 Å². The molecule has 2 amide bonds. The summed E-state index contributed by atoms with van der Waals surface area (Å²) in [6, 6.07) is 14.2. The molecule has 0 radical (unpaired) electrons. The predicted molar refractivity (Wildman–Crippen MR) is 139 cm³/mol. The van der Waals surface area contributed by atoms with Crippen LogP contribution in [-0.4, -0.2) is 65.6 Å². The summed E-state index contributed by atoms with van der Waals surface area (Å²) < 4.78 is 21.8. The molecule has 1 aliphatic carbocycles. The summed E-state index contributed by atoms with van der Waals surface area (Å²) >= 11 is 0. The summed E-state index contributed by atoms with van der Waals surface area (Å²) in [5, 5.41) is 7.12. The van der Waals surface area contributed by atoms with Gasteiger partial charge < -0.3 is 15.0 Å². The molecule has 2 aliphatic heterocycles. The molecule has 2 unspecified atom stereocenters. The third-order valence-corrected chi connectivity index (χ3v) is 7.12. The van der Waals surface area contributed by atoms with Gasteiger partial charge in [0, 0.05) is 12.0 Å². The molecule has 0 bridgehead atoms. The van der Waals surface area contributed by atoms with Gasteiger partial charge in [0.15, 0.2) is 6.04 Å². The van der Waals surface area contributed by atoms with Crippen LogP contribution in [0.25, 0.3) is 0 Å². The first-order valence-electron chi connectivity index (χ1n) is 12.8. The van der Waals surface area contributed by atoms with E-state index in [0.717, 1.165) is 31.4 Å². The van der Waals surface area contributed by atoms with Gasteiger partial charge in [-0.25, -0.2) is 4.39 Å². The molecule has 192 valence electrons. The molecule has 0 spiro atoms. The second-order valence-corrected chi connectivity index (χ2v) is 10.0. The molecule has 7 nitrogen and oxygen atoms in total. The van der Waals surface area contributed by atoms with E-state index in [4.69, 9.17) is 4.74 Å². The number of hydrazone groups is 1. The first kappa shape index (κ1) is 24.9. The summed E-state index contributed by atoms with van der Waals surface area (Å²) in [5.74, 6) is 0.258. The van der Waals surface area contributed by atoms with E-state index in [1.165, 1.54) is 17.7 Å². The highest BCUT2D eigenvalue weighted by molar-refractivity contribution is 5.97. The van der Waals surface area contributed by atoms with Crippen molar-refractivity contribution in [1.82, 2.24) is 10.2 Å². The Balaban J connectivity index is 1.11. The summed E-state index contributed by atoms with van der Waals surface area (Å²) in [5.41, 5.74) is 1.40. The number of halogens is 1. The van der Waals surface area contributed by atoms with Crippen LogP contribution in [0.3, 0.4) is 0 Å². The first-order valence-corrected chi connectivity index (χ1v) is 12.8. The van der Waals surface area contributed by atoms with Gasteiger partial charge in [0.2, 0.25) is 12.1 Å². The van der Waals surface area contributed by atoms with Gasteiger partial charge in [0.1, 0.15) is 23.9 Å². The molecular weight excluding hydrogens is 471 g/mol. The number of likely N-dealkylation sites (tertiary alicyclic amines) is 1. The zero-order chi connectivity index (χ0) is 25.8. The lowest BCUT2D eigenvalue weighted by Gasteiger charge is -2.32. The largest absolute Gasteiger partial charge is 0.489 e. The zero-order valence-corrected chi connectivity index (χ0v) is 21.0. The van der Waals surface area contributed by atoms with Gasteiger partial charge >= 0.3 is 0 Å². The highest BCUT2D eigenvalue weighted by atomic mass is 19.1. The number of carbonyl (C=O) groups excluding carboxylic acids is 2. The monoisotopic (exact) mass is 503 g/mol. The van der Waals surface area contributed by atoms with Crippen LogP contribution in [-0.2, 0) is 15.0 Å². The fourth-order valence-electron chi connectivity index (χ4n) is 4.87. The number of nitrogens with zero attached hydrogens (tertiary/aromatic N) is 3. The maximum absolute atomic E-state index is 14.2. The number of carbonyl (C=O) groups is 2. The van der Waals surface area contributed by atoms with Crippen molar-refractivity contribution < 1.29 is 23.4 Å². The molecule has 1 saturated carbocycles. The van der Waals surface area contributed by atoms with Crippen molar-refractivity contribution in [3.8, 4) is 5.75 Å². The number of allylic oxidation sites excluding steroid dienone is 1. The van der Waals surface area contributed by atoms with Gasteiger partial charge in [-0.1, -0.05) is 46.7 Å². The number of hydrogen-bond donors (Lipinski definition) is 1. The van der Waals surface area contributed by atoms with E-state index in [9.17, 15) is 14.0 Å². The van der Waals surface area contributed by atoms with Crippen LogP contribution in [0.4, 0.5) is 4.39 Å². The van der Waals surface area contributed by atoms with Gasteiger partial charge in [-0.05, 0) is 67.5 Å². The van der Waals surface area contributed by atoms with Crippen molar-refractivity contribution in [2.45, 2.75) is 50.2 Å². The summed E-state index contributed by atoms with van der Waals surface area (Å²) in [6.07, 6.45) is 9.97. The van der Waals surface area contributed by atoms with Gasteiger partial charge in [-0.3, -0.25) is 9.59 Å². The fraction of sp³-hybridized carbons (Fsp3) is 0.379. The number of piperidine rings is 1. The Bertz CT molecular complexity index is 1250. The first-order chi connectivity index (χ1) is 17.9. The maximum atomic E-state index is 14.2. The Labute approximate surface area is 216 Å². The number of hydrogen-bond acceptors (Lipinski definition) is 4. The van der Waals surface area contributed by atoms with Crippen LogP contribution in [0, 0.1) is 12.7 Å². The predicted octanol–water partition coefficient (Wildman–Crippen LogP) is 3.36. The van der Waals surface area contributed by atoms with Crippen LogP contribution in [0.15, 0.2) is 65.8 Å². The molecule has 5 rings (SSSR count). The van der Waals surface area contributed by atoms with Crippen LogP contribution in [0.2, 0.25) is 0 Å². The lowest BCUT2D eigenvalue weighted by molar-refractivity contribution is -0.515. The minimum absolute atomic E-state index is 0.0296. The Morgan fingerprint density at radius 3 is 2.76 bits per heavy atom. The minimum Gasteiger partial charge on any atom is -0.489 e. The molecule has 2 aromatic carbocycles. The molecule has 2 fully saturated rings. The highest BCUT2D eigenvalue weighted by Crippen LogP contribution is 2.50. The molecule has 8 heteroatoms. The molecule has 2 atom stereocenters. The average molecular weight is 504 g/mol. The van der Waals surface area contributed by atoms with Crippen LogP contribution < -0.4 is 10.1 Å². The second-order valence-electron chi connectivity index (χ2n) is 10.0. The minimum atomic E-state index is -0.410. The van der Waals surface area contributed by atoms with Crippen molar-refractivity contribution >= 4 is 24.2 Å². The van der Waals surface area contributed by atoms with Crippen molar-refractivity contribution in [1.29, 1.82) is 0 Å². The standard InChI is InChI=1S/C29H31FN4O3/c1-21-8-10-23(11-9-21)37-24-5-4-16-33(19-24)28(36)20-34-18-22(17-31-34)32-27(35)12-13-29(14-15-29)25-6-2-3-7-26(25)30/h2-3,6-13,17-18,22,24H,4-5,14-16,19-20H2,1H3/p+1/b13-12+. The third-order valence-electron chi connectivity index (χ3n) is 7.12. The fourth-order valence-corrected chi connectivity index (χ4v) is 4.87. The SMILES string of the molecule is Cc1ccc(OC2CCCN(C(=O)C[N+]3=CC(NC(=O)/C=C/C4(c5ccccc5F)CC4)C=N3)C2)cc1. The van der Waals surface area contributed by atoms with Crippen molar-refractivity contribution in [3.05, 3.63) is 77.6 Å². The van der Waals surface area contributed by atoms with Crippen molar-refractivity contribution in [2.75, 3.05) is 19.6 Å². The molecular formula is C29H32FN4O3+. The van der Waals surface area contributed by atoms with E-state index in [0.29, 0.717) is 18.7 Å². The van der Waals surface area contributed by atoms with E-state index in [1.54, 1.807) is 35.3 Å². The van der Waals surface area contributed by atoms with E-state index in [-0.39, 0.29) is 30.3 Å². The second kappa shape index (κ2) is 10.7. The van der Waals surface area contributed by atoms with Crippen LogP contribution in [0.1, 0.15) is 36.8 Å². The van der Waals surface area contributed by atoms with Crippen molar-refractivity contribution in [2.24, 2.45) is 5.10 Å². The number of nitrogens with one attached hydrogen (secondary N) is 1. The normalized spacial score (nSPS) is 22.1. The molecule has 3 aliphatic rings. The topological polar surface area (TPSA) is 74.0 Å². The Kier molecular flexibility index (Phi) is 7.17. The van der Waals surface area contributed by atoms with E-state index < -0.39 is 11.5 Å². The zero-order valence-electron chi connectivity index (χ0n) is 21.0. The summed E-state index contributed by atoms with van der Waals surface area (Å²) in [7, 11) is 0. The molecule has 2 aromatic rings. The van der Waals surface area contributed by atoms with Gasteiger partial charge in [-0.15, -0.1) is 0 Å². The number of benzene rings is 2. The molecule has 1 N–H and O–H groups in total. The van der Waals surface area contributed by atoms with Gasteiger partial charge in [0.05, 0.1) is 6.54 Å². The number of amides is 2. The maximum Gasteiger partial charge on any atom is 0.291 e. The number of ether oxygens (including phenoxy) is 1. The Morgan fingerprint density at radius 2 is 2.00 bits per heavy atom. The van der Waals surface area contributed by atoms with Crippen molar-refractivity contribution in [3.63, 3.8) is 0 Å². The Hall–Kier alpha value is -3.81. The van der Waals surface area contributed by atoms with Crippen LogP contribution >= 0.6 is 0 Å². The number of rotatable bonds is 8. The quantitative estimate of drug-likeness (QED) is 0.444. The van der Waals surface area contributed by atoms with Crippen LogP contribution in [0.5, 0.6) is 5.75 Å². The summed E-state index contributed by atoms with van der Waals surface area (Å²) in [4.78, 5) is 27.2. The average Bonchev–Trinajstić information content (AvgIpc) is 3.56. The van der Waals surface area contributed by atoms with E-state index in [2.05, 4.69) is 10.4 Å². The lowest BCUT2D eigenvalue weighted by atomic mass is 9.95. The van der Waals surface area contributed by atoms with Gasteiger partial charge in [0.25, 0.3) is 12.5 Å². The third kappa shape index (κ3) is 6.13. The Morgan fingerprint density at radius 1 is 1.22 bits per heavy atom. The number of aryl methyl sites for hydroxylation is 1. The van der Waals surface area contributed by atoms with Gasteiger partial charge in [-0.2, -0.15) is 0 Å². The molecule has 37 heavy (non-hydrogen) atoms. The highest BCUT2D eigenvalue weighted by Gasteiger charge is 2.43. The smallest absolute Gasteiger partial charge is 0.291 e.